The Hall–Kier alpha value is -4.25. The first kappa shape index (κ1) is 34.6. The number of hydrogen-bond acceptors (Lipinski definition) is 8. The lowest BCUT2D eigenvalue weighted by Crippen LogP contribution is -2.47. The summed E-state index contributed by atoms with van der Waals surface area (Å²) in [5.41, 5.74) is 1.93. The highest BCUT2D eigenvalue weighted by molar-refractivity contribution is 6.30. The molecule has 11 heteroatoms. The number of amides is 2. The highest BCUT2D eigenvalue weighted by atomic mass is 35.5. The summed E-state index contributed by atoms with van der Waals surface area (Å²) in [6, 6.07) is 21.9. The maximum Gasteiger partial charge on any atom is 0.328 e. The van der Waals surface area contributed by atoms with Gasteiger partial charge in [0.15, 0.2) is 5.78 Å². The molecule has 1 heterocycles. The lowest BCUT2D eigenvalue weighted by atomic mass is 9.90. The number of esters is 1. The molecule has 0 unspecified atom stereocenters. The highest BCUT2D eigenvalue weighted by Gasteiger charge is 2.31. The molecule has 0 spiro atoms. The van der Waals surface area contributed by atoms with E-state index in [0.29, 0.717) is 6.42 Å². The predicted molar refractivity (Wildman–Crippen MR) is 171 cm³/mol. The lowest BCUT2D eigenvalue weighted by Gasteiger charge is -2.28. The summed E-state index contributed by atoms with van der Waals surface area (Å²) in [5.74, 6) is -2.89. The van der Waals surface area contributed by atoms with Gasteiger partial charge in [0.2, 0.25) is 11.8 Å². The second kappa shape index (κ2) is 16.9. The zero-order valence-corrected chi connectivity index (χ0v) is 26.4. The van der Waals surface area contributed by atoms with E-state index < -0.39 is 41.8 Å². The van der Waals surface area contributed by atoms with Crippen molar-refractivity contribution in [3.8, 4) is 5.75 Å². The third kappa shape index (κ3) is 9.87. The van der Waals surface area contributed by atoms with Crippen LogP contribution in [0.1, 0.15) is 40.7 Å². The number of Topliss-reactive ketones (excluding diaryl/α,β-unsaturated/α-hetero) is 1. The number of nitrogens with one attached hydrogen (secondary N) is 1. The Morgan fingerprint density at radius 3 is 2.33 bits per heavy atom. The molecule has 0 aromatic heterocycles. The molecule has 0 aliphatic carbocycles. The molecule has 46 heavy (non-hydrogen) atoms. The van der Waals surface area contributed by atoms with Crippen molar-refractivity contribution in [3.63, 3.8) is 0 Å². The predicted octanol–water partition coefficient (Wildman–Crippen LogP) is 3.40. The van der Waals surface area contributed by atoms with Gasteiger partial charge in [0.05, 0.1) is 12.7 Å². The van der Waals surface area contributed by atoms with Gasteiger partial charge in [0.25, 0.3) is 0 Å². The number of aliphatic hydroxyl groups is 2. The monoisotopic (exact) mass is 650 g/mol. The van der Waals surface area contributed by atoms with Crippen molar-refractivity contribution in [2.75, 3.05) is 26.8 Å². The van der Waals surface area contributed by atoms with Gasteiger partial charge in [0.1, 0.15) is 30.6 Å². The SMILES string of the molecule is COC(=O)[C@@H]1CCC(=O)N(CCc2ccccc2)C[C@H](O)[C@@H](O)COc2cc(Cl)ccc2C(=O)C[C@H](Cc2ccccc2)C(=O)N1. The molecule has 0 fully saturated rings. The fourth-order valence-corrected chi connectivity index (χ4v) is 5.46. The molecule has 10 nitrogen and oxygen atoms in total. The Balaban J connectivity index is 1.67. The average Bonchev–Trinajstić information content (AvgIpc) is 3.06. The van der Waals surface area contributed by atoms with Crippen LogP contribution in [-0.4, -0.2) is 83.7 Å². The summed E-state index contributed by atoms with van der Waals surface area (Å²) in [5, 5.41) is 24.7. The van der Waals surface area contributed by atoms with E-state index in [-0.39, 0.29) is 67.6 Å². The van der Waals surface area contributed by atoms with Crippen molar-refractivity contribution in [2.24, 2.45) is 5.92 Å². The number of nitrogens with zero attached hydrogens (tertiary/aromatic N) is 1. The van der Waals surface area contributed by atoms with Crippen molar-refractivity contribution in [2.45, 2.75) is 50.4 Å². The van der Waals surface area contributed by atoms with E-state index in [2.05, 4.69) is 5.32 Å². The molecule has 4 atom stereocenters. The van der Waals surface area contributed by atoms with E-state index in [1.54, 1.807) is 0 Å². The van der Waals surface area contributed by atoms with E-state index in [1.165, 1.54) is 30.2 Å². The summed E-state index contributed by atoms with van der Waals surface area (Å²) >= 11 is 6.20. The molecule has 0 saturated carbocycles. The van der Waals surface area contributed by atoms with E-state index >= 15 is 0 Å². The smallest absolute Gasteiger partial charge is 0.328 e. The van der Waals surface area contributed by atoms with Gasteiger partial charge in [-0.25, -0.2) is 4.79 Å². The summed E-state index contributed by atoms with van der Waals surface area (Å²) in [6.45, 7) is -0.373. The molecule has 0 saturated heterocycles. The molecule has 2 amide bonds. The van der Waals surface area contributed by atoms with Crippen LogP contribution < -0.4 is 10.1 Å². The number of ether oxygens (including phenoxy) is 2. The van der Waals surface area contributed by atoms with Gasteiger partial charge in [-0.05, 0) is 48.6 Å². The molecule has 4 rings (SSSR count). The standard InChI is InChI=1S/C35H39ClN2O8/c1-45-35(44)28-14-15-33(42)38(17-16-23-8-4-2-5-9-23)21-30(40)31(41)22-46-32-20-26(36)12-13-27(32)29(39)19-25(34(43)37-28)18-24-10-6-3-7-11-24/h2-13,20,25,28,30-31,40-41H,14-19,21-22H2,1H3,(H,37,43)/t25-,28-,30-,31-/m0/s1. The molecule has 3 N–H and O–H groups in total. The van der Waals surface area contributed by atoms with Crippen LogP contribution in [0, 0.1) is 5.92 Å². The minimum absolute atomic E-state index is 0.0752. The van der Waals surface area contributed by atoms with Crippen LogP contribution in [0.2, 0.25) is 5.02 Å². The van der Waals surface area contributed by atoms with Crippen LogP contribution in [0.4, 0.5) is 0 Å². The molecular formula is C35H39ClN2O8. The minimum Gasteiger partial charge on any atom is -0.490 e. The first-order valence-corrected chi connectivity index (χ1v) is 15.6. The Bertz CT molecular complexity index is 1490. The van der Waals surface area contributed by atoms with Gasteiger partial charge in [-0.1, -0.05) is 72.3 Å². The van der Waals surface area contributed by atoms with Crippen LogP contribution >= 0.6 is 11.6 Å². The van der Waals surface area contributed by atoms with E-state index in [0.717, 1.165) is 11.1 Å². The molecule has 1 aliphatic rings. The Morgan fingerprint density at radius 1 is 0.978 bits per heavy atom. The van der Waals surface area contributed by atoms with Crippen molar-refractivity contribution in [1.29, 1.82) is 0 Å². The Labute approximate surface area is 273 Å². The van der Waals surface area contributed by atoms with Crippen LogP contribution in [0.15, 0.2) is 78.9 Å². The van der Waals surface area contributed by atoms with Crippen molar-refractivity contribution in [1.82, 2.24) is 10.2 Å². The lowest BCUT2D eigenvalue weighted by molar-refractivity contribution is -0.146. The highest BCUT2D eigenvalue weighted by Crippen LogP contribution is 2.27. The number of hydrogen-bond donors (Lipinski definition) is 3. The number of ketones is 1. The molecule has 3 aromatic carbocycles. The number of halogens is 1. The van der Waals surface area contributed by atoms with Crippen molar-refractivity contribution >= 4 is 35.2 Å². The van der Waals surface area contributed by atoms with E-state index in [1.807, 2.05) is 60.7 Å². The summed E-state index contributed by atoms with van der Waals surface area (Å²) in [6.07, 6.45) is -2.58. The molecule has 0 bridgehead atoms. The third-order valence-corrected chi connectivity index (χ3v) is 8.18. The fraction of sp³-hybridized carbons (Fsp3) is 0.371. The molecule has 244 valence electrons. The number of aliphatic hydroxyl groups excluding tert-OH is 2. The van der Waals surface area contributed by atoms with Gasteiger partial charge in [-0.3, -0.25) is 14.4 Å². The zero-order valence-electron chi connectivity index (χ0n) is 25.6. The summed E-state index contributed by atoms with van der Waals surface area (Å²) in [7, 11) is 1.19. The van der Waals surface area contributed by atoms with Crippen LogP contribution in [0.5, 0.6) is 5.75 Å². The van der Waals surface area contributed by atoms with E-state index in [9.17, 15) is 29.4 Å². The maximum absolute atomic E-state index is 13.7. The average molecular weight is 651 g/mol. The topological polar surface area (TPSA) is 142 Å². The molecular weight excluding hydrogens is 612 g/mol. The van der Waals surface area contributed by atoms with Gasteiger partial charge in [0, 0.05) is 36.9 Å². The number of fused-ring (bicyclic) bond motifs is 1. The molecule has 1 aliphatic heterocycles. The minimum atomic E-state index is -1.42. The number of rotatable bonds is 6. The first-order chi connectivity index (χ1) is 22.1. The zero-order chi connectivity index (χ0) is 33.1. The third-order valence-electron chi connectivity index (χ3n) is 7.95. The second-order valence-corrected chi connectivity index (χ2v) is 11.7. The van der Waals surface area contributed by atoms with E-state index in [4.69, 9.17) is 21.1 Å². The number of methoxy groups -OCH3 is 1. The summed E-state index contributed by atoms with van der Waals surface area (Å²) < 4.78 is 10.7. The largest absolute Gasteiger partial charge is 0.490 e. The molecule has 3 aromatic rings. The maximum atomic E-state index is 13.7. The van der Waals surface area contributed by atoms with Gasteiger partial charge in [-0.15, -0.1) is 0 Å². The number of β-amino-alcohol motifs (C(OH)–C–C–N with tert-alkyl or cyclic N) is 1. The normalized spacial score (nSPS) is 21.8. The van der Waals surface area contributed by atoms with Crippen LogP contribution in [-0.2, 0) is 32.0 Å². The Morgan fingerprint density at radius 2 is 1.65 bits per heavy atom. The van der Waals surface area contributed by atoms with Gasteiger partial charge in [-0.2, -0.15) is 0 Å². The fourth-order valence-electron chi connectivity index (χ4n) is 5.30. The van der Waals surface area contributed by atoms with Crippen molar-refractivity contribution < 1.29 is 38.9 Å². The first-order valence-electron chi connectivity index (χ1n) is 15.2. The van der Waals surface area contributed by atoms with Crippen LogP contribution in [0.25, 0.3) is 0 Å². The second-order valence-electron chi connectivity index (χ2n) is 11.3. The number of benzene rings is 3. The number of carbonyl (C=O) groups is 4. The number of carbonyl (C=O) groups excluding carboxylic acids is 4. The van der Waals surface area contributed by atoms with Gasteiger partial charge < -0.3 is 29.9 Å². The Kier molecular flexibility index (Phi) is 12.7. The quantitative estimate of drug-likeness (QED) is 0.345. The van der Waals surface area contributed by atoms with Crippen LogP contribution in [0.3, 0.4) is 0 Å². The molecule has 0 radical (unpaired) electrons. The summed E-state index contributed by atoms with van der Waals surface area (Å²) in [4.78, 5) is 55.1. The van der Waals surface area contributed by atoms with Crippen molar-refractivity contribution in [3.05, 3.63) is 101 Å². The van der Waals surface area contributed by atoms with Gasteiger partial charge >= 0.3 is 5.97 Å².